The van der Waals surface area contributed by atoms with E-state index >= 15 is 0 Å². The number of esters is 1. The topological polar surface area (TPSA) is 122 Å². The van der Waals surface area contributed by atoms with E-state index in [2.05, 4.69) is 28.1 Å². The number of benzene rings is 1. The molecule has 1 aliphatic heterocycles. The number of carbonyl (C=O) groups excluding carboxylic acids is 1. The van der Waals surface area contributed by atoms with Gasteiger partial charge in [0.05, 0.1) is 29.9 Å². The Hall–Kier alpha value is -3.27. The Morgan fingerprint density at radius 2 is 2.00 bits per heavy atom. The molecule has 0 saturated carbocycles. The van der Waals surface area contributed by atoms with Gasteiger partial charge < -0.3 is 15.2 Å². The summed E-state index contributed by atoms with van der Waals surface area (Å²) >= 11 is 4.77. The highest BCUT2D eigenvalue weighted by Crippen LogP contribution is 2.41. The van der Waals surface area contributed by atoms with E-state index in [1.165, 1.54) is 31.7 Å². The number of nitrogens with two attached hydrogens (primary N) is 1. The van der Waals surface area contributed by atoms with Gasteiger partial charge in [-0.05, 0) is 55.0 Å². The van der Waals surface area contributed by atoms with Crippen LogP contribution >= 0.6 is 27.7 Å². The maximum absolute atomic E-state index is 13.0. The molecule has 1 unspecified atom stereocenters. The molecule has 1 aromatic heterocycles. The number of ether oxygens (including phenoxy) is 2. The van der Waals surface area contributed by atoms with Crippen LogP contribution in [0.5, 0.6) is 0 Å². The zero-order chi connectivity index (χ0) is 25.7. The molecule has 2 aromatic rings. The number of nitrogens with zero attached hydrogens (tertiary/aromatic N) is 3. The third kappa shape index (κ3) is 5.43. The number of rotatable bonds is 5. The number of hydrogen-bond donors (Lipinski definition) is 1. The Morgan fingerprint density at radius 3 is 2.69 bits per heavy atom. The van der Waals surface area contributed by atoms with Gasteiger partial charge in [-0.1, -0.05) is 52.7 Å². The highest BCUT2D eigenvalue weighted by atomic mass is 79.9. The van der Waals surface area contributed by atoms with Crippen molar-refractivity contribution in [1.29, 1.82) is 10.5 Å². The molecule has 2 heterocycles. The number of aryl methyl sites for hydroxylation is 2. The zero-order valence-corrected chi connectivity index (χ0v) is 22.2. The first-order valence-electron chi connectivity index (χ1n) is 11.7. The van der Waals surface area contributed by atoms with Crippen molar-refractivity contribution in [2.45, 2.75) is 49.5 Å². The van der Waals surface area contributed by atoms with Crippen LogP contribution in [-0.4, -0.2) is 23.8 Å². The molecule has 0 spiro atoms. The van der Waals surface area contributed by atoms with Gasteiger partial charge in [0, 0.05) is 10.2 Å². The summed E-state index contributed by atoms with van der Waals surface area (Å²) in [6.07, 6.45) is 6.35. The first-order valence-corrected chi connectivity index (χ1v) is 13.4. The average Bonchev–Trinajstić information content (AvgIpc) is 2.86. The van der Waals surface area contributed by atoms with Crippen molar-refractivity contribution in [3.63, 3.8) is 0 Å². The van der Waals surface area contributed by atoms with E-state index in [4.69, 9.17) is 20.2 Å². The second-order valence-electron chi connectivity index (χ2n) is 8.57. The fourth-order valence-corrected chi connectivity index (χ4v) is 5.90. The maximum atomic E-state index is 13.0. The minimum absolute atomic E-state index is 0.0580. The number of carbonyl (C=O) groups is 1. The van der Waals surface area contributed by atoms with Gasteiger partial charge in [0.1, 0.15) is 28.5 Å². The molecule has 2 aliphatic rings. The molecule has 1 aliphatic carbocycles. The highest BCUT2D eigenvalue weighted by molar-refractivity contribution is 9.10. The molecule has 0 saturated heterocycles. The molecular weight excluding hydrogens is 540 g/mol. The lowest BCUT2D eigenvalue weighted by molar-refractivity contribution is -0.136. The lowest BCUT2D eigenvalue weighted by atomic mass is 9.83. The molecule has 0 fully saturated rings. The molecule has 36 heavy (non-hydrogen) atoms. The van der Waals surface area contributed by atoms with E-state index in [1.807, 2.05) is 30.3 Å². The molecule has 0 bridgehead atoms. The third-order valence-corrected chi connectivity index (χ3v) is 7.79. The monoisotopic (exact) mass is 564 g/mol. The van der Waals surface area contributed by atoms with E-state index < -0.39 is 11.9 Å². The number of aromatic nitrogens is 1. The van der Waals surface area contributed by atoms with Gasteiger partial charge in [0.25, 0.3) is 0 Å². The predicted octanol–water partition coefficient (Wildman–Crippen LogP) is 5.40. The van der Waals surface area contributed by atoms with Gasteiger partial charge in [-0.3, -0.25) is 0 Å². The normalized spacial score (nSPS) is 17.7. The van der Waals surface area contributed by atoms with E-state index in [0.717, 1.165) is 41.4 Å². The fraction of sp³-hybridized carbons (Fsp3) is 0.333. The largest absolute Gasteiger partial charge is 0.466 e. The number of methoxy groups -OCH3 is 1. The minimum atomic E-state index is -0.747. The Balaban J connectivity index is 1.74. The first-order chi connectivity index (χ1) is 17.5. The summed E-state index contributed by atoms with van der Waals surface area (Å²) < 4.78 is 11.7. The fourth-order valence-electron chi connectivity index (χ4n) is 4.57. The van der Waals surface area contributed by atoms with Gasteiger partial charge in [-0.15, -0.1) is 0 Å². The lowest BCUT2D eigenvalue weighted by Crippen LogP contribution is -2.26. The molecule has 9 heteroatoms. The van der Waals surface area contributed by atoms with Crippen molar-refractivity contribution in [2.75, 3.05) is 12.9 Å². The van der Waals surface area contributed by atoms with Crippen molar-refractivity contribution in [3.8, 4) is 12.1 Å². The zero-order valence-electron chi connectivity index (χ0n) is 19.8. The van der Waals surface area contributed by atoms with Crippen LogP contribution in [0.4, 0.5) is 0 Å². The van der Waals surface area contributed by atoms with Crippen molar-refractivity contribution >= 4 is 33.7 Å². The second-order valence-corrected chi connectivity index (χ2v) is 10.4. The van der Waals surface area contributed by atoms with E-state index in [1.54, 1.807) is 0 Å². The summed E-state index contributed by atoms with van der Waals surface area (Å²) in [5.74, 6) is -0.941. The van der Waals surface area contributed by atoms with Crippen LogP contribution < -0.4 is 5.73 Å². The summed E-state index contributed by atoms with van der Waals surface area (Å²) in [4.78, 5) is 17.8. The van der Waals surface area contributed by atoms with Crippen LogP contribution in [-0.2, 0) is 27.1 Å². The van der Waals surface area contributed by atoms with Crippen LogP contribution in [0.25, 0.3) is 0 Å². The molecule has 2 N–H and O–H groups in total. The highest BCUT2D eigenvalue weighted by Gasteiger charge is 2.37. The summed E-state index contributed by atoms with van der Waals surface area (Å²) in [6, 6.07) is 13.6. The number of pyridine rings is 1. The van der Waals surface area contributed by atoms with Crippen LogP contribution in [0.3, 0.4) is 0 Å². The number of fused-ring (bicyclic) bond motifs is 1. The van der Waals surface area contributed by atoms with Crippen molar-refractivity contribution in [2.24, 2.45) is 5.73 Å². The van der Waals surface area contributed by atoms with Crippen LogP contribution in [0.1, 0.15) is 54.0 Å². The number of allylic oxidation sites excluding steroid dienone is 1. The van der Waals surface area contributed by atoms with Crippen LogP contribution in [0.2, 0.25) is 0 Å². The molecule has 0 amide bonds. The lowest BCUT2D eigenvalue weighted by Gasteiger charge is -2.28. The van der Waals surface area contributed by atoms with Crippen molar-refractivity contribution < 1.29 is 14.3 Å². The van der Waals surface area contributed by atoms with E-state index in [9.17, 15) is 15.3 Å². The molecule has 184 valence electrons. The Kier molecular flexibility index (Phi) is 8.35. The summed E-state index contributed by atoms with van der Waals surface area (Å²) in [6.45, 7) is 0. The Labute approximate surface area is 223 Å². The maximum Gasteiger partial charge on any atom is 0.338 e. The molecule has 1 aromatic carbocycles. The SMILES string of the molecule is COC(=O)C1=C(CSc2nc3c(cc2C#N)CCCCCC3)OC(N)=C(C#N)C1c1cccc(Br)c1. The summed E-state index contributed by atoms with van der Waals surface area (Å²) in [5, 5.41) is 20.2. The molecule has 4 rings (SSSR count). The Morgan fingerprint density at radius 1 is 1.22 bits per heavy atom. The standard InChI is InChI=1S/C27H25BrN4O3S/c1-34-27(33)24-22(35-25(31)20(14-30)23(24)17-8-6-9-19(28)12-17)15-36-26-18(13-29)11-16-7-4-2-3-5-10-21(16)32-26/h6,8-9,11-12,23H,2-5,7,10,15,31H2,1H3. The third-order valence-electron chi connectivity index (χ3n) is 6.31. The van der Waals surface area contributed by atoms with Crippen LogP contribution in [0.15, 0.2) is 62.6 Å². The van der Waals surface area contributed by atoms with Gasteiger partial charge in [-0.2, -0.15) is 10.5 Å². The molecular formula is C27H25BrN4O3S. The molecule has 7 nitrogen and oxygen atoms in total. The van der Waals surface area contributed by atoms with E-state index in [-0.39, 0.29) is 28.5 Å². The number of halogens is 1. The average molecular weight is 565 g/mol. The second kappa shape index (κ2) is 11.6. The van der Waals surface area contributed by atoms with Gasteiger partial charge in [0.2, 0.25) is 5.88 Å². The molecule has 1 atom stereocenters. The van der Waals surface area contributed by atoms with Gasteiger partial charge in [-0.25, -0.2) is 9.78 Å². The van der Waals surface area contributed by atoms with Crippen LogP contribution in [0, 0.1) is 22.7 Å². The van der Waals surface area contributed by atoms with Gasteiger partial charge in [0.15, 0.2) is 0 Å². The van der Waals surface area contributed by atoms with Gasteiger partial charge >= 0.3 is 5.97 Å². The summed E-state index contributed by atoms with van der Waals surface area (Å²) in [5.41, 5.74) is 9.87. The quantitative estimate of drug-likeness (QED) is 0.378. The number of nitriles is 2. The Bertz CT molecular complexity index is 1340. The first kappa shape index (κ1) is 25.8. The molecule has 0 radical (unpaired) electrons. The number of hydrogen-bond acceptors (Lipinski definition) is 8. The number of thioether (sulfide) groups is 1. The van der Waals surface area contributed by atoms with E-state index in [0.29, 0.717) is 16.2 Å². The van der Waals surface area contributed by atoms with Crippen molar-refractivity contribution in [3.05, 3.63) is 80.0 Å². The minimum Gasteiger partial charge on any atom is -0.466 e. The predicted molar refractivity (Wildman–Crippen MR) is 139 cm³/mol. The smallest absolute Gasteiger partial charge is 0.338 e. The summed E-state index contributed by atoms with van der Waals surface area (Å²) in [7, 11) is 1.29. The van der Waals surface area contributed by atoms with Crippen molar-refractivity contribution in [1.82, 2.24) is 4.98 Å².